The predicted octanol–water partition coefficient (Wildman–Crippen LogP) is 2.35. The lowest BCUT2D eigenvalue weighted by Gasteiger charge is -2.07. The molecule has 69 valence electrons. The topological polar surface area (TPSA) is 25.8 Å². The molecule has 0 spiro atoms. The highest BCUT2D eigenvalue weighted by Crippen LogP contribution is 2.40. The van der Waals surface area contributed by atoms with Crippen molar-refractivity contribution < 1.29 is 0 Å². The van der Waals surface area contributed by atoms with E-state index in [1.165, 1.54) is 18.5 Å². The van der Waals surface area contributed by atoms with Gasteiger partial charge in [-0.2, -0.15) is 0 Å². The molecule has 1 aliphatic carbocycles. The Morgan fingerprint density at radius 1 is 1.23 bits per heavy atom. The zero-order valence-corrected chi connectivity index (χ0v) is 8.30. The predicted molar refractivity (Wildman–Crippen MR) is 52.5 cm³/mol. The van der Waals surface area contributed by atoms with Gasteiger partial charge < -0.3 is 0 Å². The molecule has 0 aliphatic heterocycles. The molecule has 1 radical (unpaired) electrons. The third-order valence-electron chi connectivity index (χ3n) is 2.58. The minimum Gasteiger partial charge on any atom is -0.255 e. The third kappa shape index (κ3) is 1.58. The SMILES string of the molecule is [CH2]Cc1nc(C2CC2)c(C)nc1C. The van der Waals surface area contributed by atoms with Crippen molar-refractivity contribution in [1.29, 1.82) is 0 Å². The van der Waals surface area contributed by atoms with Crippen LogP contribution in [-0.4, -0.2) is 9.97 Å². The summed E-state index contributed by atoms with van der Waals surface area (Å²) in [5, 5.41) is 0. The second kappa shape index (κ2) is 3.09. The summed E-state index contributed by atoms with van der Waals surface area (Å²) in [5.74, 6) is 0.693. The molecule has 0 bridgehead atoms. The molecule has 0 unspecified atom stereocenters. The number of hydrogen-bond acceptors (Lipinski definition) is 2. The van der Waals surface area contributed by atoms with E-state index in [2.05, 4.69) is 23.8 Å². The van der Waals surface area contributed by atoms with Gasteiger partial charge in [-0.15, -0.1) is 0 Å². The first-order valence-corrected chi connectivity index (χ1v) is 4.85. The number of rotatable bonds is 2. The Morgan fingerprint density at radius 2 is 1.92 bits per heavy atom. The fourth-order valence-corrected chi connectivity index (χ4v) is 1.66. The van der Waals surface area contributed by atoms with Gasteiger partial charge in [0.2, 0.25) is 0 Å². The Morgan fingerprint density at radius 3 is 2.46 bits per heavy atom. The van der Waals surface area contributed by atoms with Gasteiger partial charge in [0.15, 0.2) is 0 Å². The summed E-state index contributed by atoms with van der Waals surface area (Å²) in [6.07, 6.45) is 3.32. The molecule has 0 saturated heterocycles. The molecule has 2 heteroatoms. The van der Waals surface area contributed by atoms with Crippen molar-refractivity contribution in [3.63, 3.8) is 0 Å². The summed E-state index contributed by atoms with van der Waals surface area (Å²) >= 11 is 0. The Labute approximate surface area is 79.4 Å². The molecule has 1 aromatic heterocycles. The number of aryl methyl sites for hydroxylation is 2. The molecular weight excluding hydrogens is 160 g/mol. The maximum absolute atomic E-state index is 4.63. The van der Waals surface area contributed by atoms with Crippen LogP contribution in [0.5, 0.6) is 0 Å². The first kappa shape index (κ1) is 8.67. The van der Waals surface area contributed by atoms with Gasteiger partial charge in [0.25, 0.3) is 0 Å². The van der Waals surface area contributed by atoms with Crippen LogP contribution in [0.4, 0.5) is 0 Å². The molecule has 1 fully saturated rings. The van der Waals surface area contributed by atoms with Crippen molar-refractivity contribution in [2.24, 2.45) is 0 Å². The lowest BCUT2D eigenvalue weighted by Crippen LogP contribution is -2.03. The molecule has 1 heterocycles. The van der Waals surface area contributed by atoms with E-state index in [9.17, 15) is 0 Å². The van der Waals surface area contributed by atoms with Crippen LogP contribution in [0.1, 0.15) is 41.5 Å². The molecule has 1 aliphatic rings. The Kier molecular flexibility index (Phi) is 2.06. The van der Waals surface area contributed by atoms with E-state index in [1.807, 2.05) is 6.92 Å². The van der Waals surface area contributed by atoms with Crippen LogP contribution >= 0.6 is 0 Å². The van der Waals surface area contributed by atoms with Crippen molar-refractivity contribution in [2.75, 3.05) is 0 Å². The molecule has 1 saturated carbocycles. The van der Waals surface area contributed by atoms with Crippen LogP contribution in [-0.2, 0) is 6.42 Å². The van der Waals surface area contributed by atoms with Crippen molar-refractivity contribution in [3.8, 4) is 0 Å². The summed E-state index contributed by atoms with van der Waals surface area (Å²) in [6.45, 7) is 7.93. The van der Waals surface area contributed by atoms with Gasteiger partial charge in [0, 0.05) is 5.92 Å². The first-order valence-electron chi connectivity index (χ1n) is 4.85. The van der Waals surface area contributed by atoms with Crippen LogP contribution in [0.15, 0.2) is 0 Å². The quantitative estimate of drug-likeness (QED) is 0.689. The van der Waals surface area contributed by atoms with Gasteiger partial charge in [0.05, 0.1) is 22.8 Å². The highest BCUT2D eigenvalue weighted by Gasteiger charge is 2.27. The van der Waals surface area contributed by atoms with E-state index >= 15 is 0 Å². The maximum atomic E-state index is 4.63. The minimum atomic E-state index is 0.693. The van der Waals surface area contributed by atoms with E-state index in [4.69, 9.17) is 0 Å². The number of nitrogens with zero attached hydrogens (tertiary/aromatic N) is 2. The Balaban J connectivity index is 2.44. The smallest absolute Gasteiger partial charge is 0.0650 e. The van der Waals surface area contributed by atoms with Gasteiger partial charge in [-0.05, 0) is 40.0 Å². The fourth-order valence-electron chi connectivity index (χ4n) is 1.66. The van der Waals surface area contributed by atoms with Gasteiger partial charge in [-0.3, -0.25) is 9.97 Å². The zero-order chi connectivity index (χ0) is 9.42. The number of aromatic nitrogens is 2. The molecule has 2 nitrogen and oxygen atoms in total. The van der Waals surface area contributed by atoms with Gasteiger partial charge in [-0.25, -0.2) is 0 Å². The zero-order valence-electron chi connectivity index (χ0n) is 8.30. The van der Waals surface area contributed by atoms with E-state index in [1.54, 1.807) is 0 Å². The van der Waals surface area contributed by atoms with Crippen LogP contribution < -0.4 is 0 Å². The second-order valence-corrected chi connectivity index (χ2v) is 3.75. The van der Waals surface area contributed by atoms with Crippen LogP contribution in [0.3, 0.4) is 0 Å². The van der Waals surface area contributed by atoms with Gasteiger partial charge in [0.1, 0.15) is 0 Å². The van der Waals surface area contributed by atoms with Crippen LogP contribution in [0.2, 0.25) is 0 Å². The van der Waals surface area contributed by atoms with Crippen molar-refractivity contribution in [2.45, 2.75) is 39.0 Å². The fraction of sp³-hybridized carbons (Fsp3) is 0.545. The normalized spacial score (nSPS) is 16.2. The monoisotopic (exact) mass is 175 g/mol. The molecule has 0 amide bonds. The average Bonchev–Trinajstić information content (AvgIpc) is 2.88. The largest absolute Gasteiger partial charge is 0.255 e. The number of hydrogen-bond donors (Lipinski definition) is 0. The minimum absolute atomic E-state index is 0.693. The van der Waals surface area contributed by atoms with Crippen molar-refractivity contribution in [3.05, 3.63) is 29.7 Å². The summed E-state index contributed by atoms with van der Waals surface area (Å²) in [6, 6.07) is 0. The molecule has 0 atom stereocenters. The molecule has 2 rings (SSSR count). The average molecular weight is 175 g/mol. The van der Waals surface area contributed by atoms with Gasteiger partial charge in [-0.1, -0.05) is 0 Å². The first-order chi connectivity index (χ1) is 6.22. The Hall–Kier alpha value is -0.920. The van der Waals surface area contributed by atoms with E-state index in [-0.39, 0.29) is 0 Å². The summed E-state index contributed by atoms with van der Waals surface area (Å²) < 4.78 is 0. The third-order valence-corrected chi connectivity index (χ3v) is 2.58. The highest BCUT2D eigenvalue weighted by atomic mass is 14.9. The van der Waals surface area contributed by atoms with Crippen LogP contribution in [0.25, 0.3) is 0 Å². The Bertz CT molecular complexity index is 327. The van der Waals surface area contributed by atoms with Crippen molar-refractivity contribution in [1.82, 2.24) is 9.97 Å². The molecule has 0 N–H and O–H groups in total. The van der Waals surface area contributed by atoms with Crippen LogP contribution in [0, 0.1) is 20.8 Å². The second-order valence-electron chi connectivity index (χ2n) is 3.75. The van der Waals surface area contributed by atoms with Gasteiger partial charge >= 0.3 is 0 Å². The molecular formula is C11H15N2. The molecule has 1 aromatic rings. The summed E-state index contributed by atoms with van der Waals surface area (Å²) in [4.78, 5) is 9.13. The maximum Gasteiger partial charge on any atom is 0.0650 e. The summed E-state index contributed by atoms with van der Waals surface area (Å²) in [5.41, 5.74) is 4.42. The van der Waals surface area contributed by atoms with E-state index in [0.717, 1.165) is 23.5 Å². The van der Waals surface area contributed by atoms with E-state index < -0.39 is 0 Å². The lowest BCUT2D eigenvalue weighted by atomic mass is 10.2. The standard InChI is InChI=1S/C11H15N2/c1-4-10-7(2)12-8(3)11(13-10)9-5-6-9/h9H,1,4-6H2,2-3H3. The molecule has 13 heavy (non-hydrogen) atoms. The summed E-state index contributed by atoms with van der Waals surface area (Å²) in [7, 11) is 0. The van der Waals surface area contributed by atoms with Crippen molar-refractivity contribution >= 4 is 0 Å². The van der Waals surface area contributed by atoms with E-state index in [0.29, 0.717) is 5.92 Å². The lowest BCUT2D eigenvalue weighted by molar-refractivity contribution is 0.877. The molecule has 0 aromatic carbocycles. The highest BCUT2D eigenvalue weighted by molar-refractivity contribution is 5.25.